The van der Waals surface area contributed by atoms with Crippen LogP contribution in [0.1, 0.15) is 11.1 Å². The van der Waals surface area contributed by atoms with Crippen LogP contribution in [0.5, 0.6) is 17.2 Å². The van der Waals surface area contributed by atoms with Crippen molar-refractivity contribution in [3.8, 4) is 17.2 Å². The predicted octanol–water partition coefficient (Wildman–Crippen LogP) is 3.13. The van der Waals surface area contributed by atoms with Crippen LogP contribution in [-0.2, 0) is 10.0 Å². The van der Waals surface area contributed by atoms with E-state index in [4.69, 9.17) is 14.2 Å². The SMILES string of the molecule is COc1ccc(NS(=O)(=O)c2ccc(OC)c(C)c2C)cc1OC. The van der Waals surface area contributed by atoms with E-state index in [2.05, 4.69) is 4.72 Å². The van der Waals surface area contributed by atoms with Crippen molar-refractivity contribution >= 4 is 15.7 Å². The average molecular weight is 351 g/mol. The molecule has 130 valence electrons. The van der Waals surface area contributed by atoms with E-state index in [-0.39, 0.29) is 4.90 Å². The van der Waals surface area contributed by atoms with E-state index in [1.54, 1.807) is 38.3 Å². The molecule has 0 atom stereocenters. The molecule has 0 fully saturated rings. The third-order valence-corrected chi connectivity index (χ3v) is 5.36. The van der Waals surface area contributed by atoms with Gasteiger partial charge in [-0.1, -0.05) is 0 Å². The van der Waals surface area contributed by atoms with Gasteiger partial charge in [0, 0.05) is 6.07 Å². The molecule has 0 aromatic heterocycles. The smallest absolute Gasteiger partial charge is 0.262 e. The maximum atomic E-state index is 12.7. The summed E-state index contributed by atoms with van der Waals surface area (Å²) in [4.78, 5) is 0.204. The van der Waals surface area contributed by atoms with Crippen molar-refractivity contribution in [2.45, 2.75) is 18.7 Å². The number of sulfonamides is 1. The zero-order valence-corrected chi connectivity index (χ0v) is 15.2. The Hall–Kier alpha value is -2.41. The molecule has 0 aliphatic heterocycles. The van der Waals surface area contributed by atoms with E-state index in [9.17, 15) is 8.42 Å². The predicted molar refractivity (Wildman–Crippen MR) is 92.8 cm³/mol. The summed E-state index contributed by atoms with van der Waals surface area (Å²) in [6, 6.07) is 8.01. The molecule has 0 amide bonds. The van der Waals surface area contributed by atoms with Crippen molar-refractivity contribution < 1.29 is 22.6 Å². The lowest BCUT2D eigenvalue weighted by Crippen LogP contribution is -2.15. The van der Waals surface area contributed by atoms with Crippen molar-refractivity contribution in [1.82, 2.24) is 0 Å². The first-order valence-electron chi connectivity index (χ1n) is 7.23. The summed E-state index contributed by atoms with van der Waals surface area (Å²) in [7, 11) is 0.828. The summed E-state index contributed by atoms with van der Waals surface area (Å²) in [5.41, 5.74) is 1.82. The van der Waals surface area contributed by atoms with Gasteiger partial charge in [-0.25, -0.2) is 8.42 Å². The van der Waals surface area contributed by atoms with Gasteiger partial charge in [-0.05, 0) is 49.2 Å². The fourth-order valence-electron chi connectivity index (χ4n) is 2.39. The van der Waals surface area contributed by atoms with Crippen LogP contribution in [0.25, 0.3) is 0 Å². The van der Waals surface area contributed by atoms with Gasteiger partial charge in [-0.3, -0.25) is 4.72 Å². The Labute approximate surface area is 142 Å². The van der Waals surface area contributed by atoms with E-state index < -0.39 is 10.0 Å². The van der Waals surface area contributed by atoms with Gasteiger partial charge in [0.05, 0.1) is 31.9 Å². The van der Waals surface area contributed by atoms with E-state index in [0.29, 0.717) is 28.5 Å². The van der Waals surface area contributed by atoms with Gasteiger partial charge in [0.25, 0.3) is 10.0 Å². The topological polar surface area (TPSA) is 73.9 Å². The molecular weight excluding hydrogens is 330 g/mol. The molecule has 0 bridgehead atoms. The highest BCUT2D eigenvalue weighted by Crippen LogP contribution is 2.32. The molecule has 0 saturated carbocycles. The summed E-state index contributed by atoms with van der Waals surface area (Å²) in [5, 5.41) is 0. The molecule has 0 unspecified atom stereocenters. The Morgan fingerprint density at radius 3 is 1.96 bits per heavy atom. The Morgan fingerprint density at radius 1 is 0.792 bits per heavy atom. The minimum atomic E-state index is -3.74. The third kappa shape index (κ3) is 3.41. The first-order chi connectivity index (χ1) is 11.3. The maximum Gasteiger partial charge on any atom is 0.262 e. The minimum Gasteiger partial charge on any atom is -0.496 e. The Bertz CT molecular complexity index is 846. The summed E-state index contributed by atoms with van der Waals surface area (Å²) < 4.78 is 43.5. The molecule has 0 spiro atoms. The Morgan fingerprint density at radius 2 is 1.38 bits per heavy atom. The fraction of sp³-hybridized carbons (Fsp3) is 0.294. The molecule has 0 aliphatic carbocycles. The van der Waals surface area contributed by atoms with Crippen molar-refractivity contribution in [2.75, 3.05) is 26.1 Å². The molecule has 2 aromatic rings. The number of anilines is 1. The molecule has 2 aromatic carbocycles. The molecule has 24 heavy (non-hydrogen) atoms. The van der Waals surface area contributed by atoms with E-state index in [0.717, 1.165) is 5.56 Å². The summed E-state index contributed by atoms with van der Waals surface area (Å²) >= 11 is 0. The minimum absolute atomic E-state index is 0.204. The molecule has 0 aliphatic rings. The highest BCUT2D eigenvalue weighted by atomic mass is 32.2. The Kier molecular flexibility index (Phi) is 5.23. The van der Waals surface area contributed by atoms with Crippen molar-refractivity contribution in [1.29, 1.82) is 0 Å². The van der Waals surface area contributed by atoms with Crippen molar-refractivity contribution in [3.63, 3.8) is 0 Å². The maximum absolute atomic E-state index is 12.7. The second-order valence-corrected chi connectivity index (χ2v) is 6.84. The number of rotatable bonds is 6. The molecule has 7 heteroatoms. The molecule has 6 nitrogen and oxygen atoms in total. The van der Waals surface area contributed by atoms with Crippen LogP contribution in [0.15, 0.2) is 35.2 Å². The van der Waals surface area contributed by atoms with Crippen molar-refractivity contribution in [2.24, 2.45) is 0 Å². The standard InChI is InChI=1S/C17H21NO5S/c1-11-12(2)17(9-8-14(11)21-3)24(19,20)18-13-6-7-15(22-4)16(10-13)23-5/h6-10,18H,1-5H3. The molecule has 0 radical (unpaired) electrons. The lowest BCUT2D eigenvalue weighted by atomic mass is 10.1. The highest BCUT2D eigenvalue weighted by Gasteiger charge is 2.20. The second-order valence-electron chi connectivity index (χ2n) is 5.19. The monoisotopic (exact) mass is 351 g/mol. The zero-order valence-electron chi connectivity index (χ0n) is 14.3. The van der Waals surface area contributed by atoms with Crippen LogP contribution < -0.4 is 18.9 Å². The van der Waals surface area contributed by atoms with Gasteiger partial charge >= 0.3 is 0 Å². The molecular formula is C17H21NO5S. The van der Waals surface area contributed by atoms with E-state index >= 15 is 0 Å². The molecule has 1 N–H and O–H groups in total. The largest absolute Gasteiger partial charge is 0.496 e. The van der Waals surface area contributed by atoms with Crippen LogP contribution in [0.2, 0.25) is 0 Å². The van der Waals surface area contributed by atoms with Crippen LogP contribution in [-0.4, -0.2) is 29.7 Å². The highest BCUT2D eigenvalue weighted by molar-refractivity contribution is 7.92. The van der Waals surface area contributed by atoms with E-state index in [1.165, 1.54) is 20.3 Å². The van der Waals surface area contributed by atoms with Gasteiger partial charge in [0.15, 0.2) is 11.5 Å². The second kappa shape index (κ2) is 7.00. The lowest BCUT2D eigenvalue weighted by molar-refractivity contribution is 0.355. The number of ether oxygens (including phenoxy) is 3. The van der Waals surface area contributed by atoms with Crippen LogP contribution >= 0.6 is 0 Å². The summed E-state index contributed by atoms with van der Waals surface area (Å²) in [6.07, 6.45) is 0. The fourth-order valence-corrected chi connectivity index (χ4v) is 3.74. The van der Waals surface area contributed by atoms with Gasteiger partial charge in [0.2, 0.25) is 0 Å². The van der Waals surface area contributed by atoms with Crippen LogP contribution in [0.4, 0.5) is 5.69 Å². The van der Waals surface area contributed by atoms with Crippen molar-refractivity contribution in [3.05, 3.63) is 41.5 Å². The molecule has 0 saturated heterocycles. The number of hydrogen-bond donors (Lipinski definition) is 1. The first kappa shape index (κ1) is 17.9. The number of hydrogen-bond acceptors (Lipinski definition) is 5. The van der Waals surface area contributed by atoms with Gasteiger partial charge in [-0.15, -0.1) is 0 Å². The van der Waals surface area contributed by atoms with Crippen LogP contribution in [0, 0.1) is 13.8 Å². The quantitative estimate of drug-likeness (QED) is 0.865. The number of nitrogens with one attached hydrogen (secondary N) is 1. The van der Waals surface area contributed by atoms with Crippen LogP contribution in [0.3, 0.4) is 0 Å². The summed E-state index contributed by atoms with van der Waals surface area (Å²) in [6.45, 7) is 3.57. The first-order valence-corrected chi connectivity index (χ1v) is 8.71. The normalized spacial score (nSPS) is 11.0. The van der Waals surface area contributed by atoms with Gasteiger partial charge < -0.3 is 14.2 Å². The number of methoxy groups -OCH3 is 3. The lowest BCUT2D eigenvalue weighted by Gasteiger charge is -2.15. The third-order valence-electron chi connectivity index (χ3n) is 3.83. The molecule has 0 heterocycles. The molecule has 2 rings (SSSR count). The van der Waals surface area contributed by atoms with Gasteiger partial charge in [-0.2, -0.15) is 0 Å². The average Bonchev–Trinajstić information content (AvgIpc) is 2.56. The van der Waals surface area contributed by atoms with Gasteiger partial charge in [0.1, 0.15) is 5.75 Å². The number of benzene rings is 2. The zero-order chi connectivity index (χ0) is 17.9. The van der Waals surface area contributed by atoms with E-state index in [1.807, 2.05) is 6.92 Å². The summed E-state index contributed by atoms with van der Waals surface area (Å²) in [5.74, 6) is 1.62. The Balaban J connectivity index is 2.41.